The van der Waals surface area contributed by atoms with Gasteiger partial charge in [0.05, 0.1) is 33.6 Å². The van der Waals surface area contributed by atoms with Crippen molar-refractivity contribution in [3.8, 4) is 23.0 Å². The molecule has 2 aromatic carbocycles. The number of hydrogen-bond acceptors (Lipinski definition) is 6. The molecule has 0 bridgehead atoms. The molecule has 2 aromatic rings. The summed E-state index contributed by atoms with van der Waals surface area (Å²) in [6, 6.07) is 10.4. The van der Waals surface area contributed by atoms with E-state index in [0.717, 1.165) is 12.0 Å². The van der Waals surface area contributed by atoms with Gasteiger partial charge in [-0.2, -0.15) is 5.10 Å². The molecule has 0 atom stereocenters. The fourth-order valence-corrected chi connectivity index (χ4v) is 2.41. The maximum absolute atomic E-state index is 12.3. The molecule has 0 aliphatic rings. The van der Waals surface area contributed by atoms with Crippen LogP contribution in [0.25, 0.3) is 0 Å². The van der Waals surface area contributed by atoms with Gasteiger partial charge in [-0.15, -0.1) is 0 Å². The van der Waals surface area contributed by atoms with Crippen LogP contribution in [0.3, 0.4) is 0 Å². The summed E-state index contributed by atoms with van der Waals surface area (Å²) in [6.07, 6.45) is 2.45. The van der Waals surface area contributed by atoms with Crippen LogP contribution in [-0.4, -0.2) is 39.6 Å². The van der Waals surface area contributed by atoms with Crippen LogP contribution in [0.4, 0.5) is 0 Å². The smallest absolute Gasteiger partial charge is 0.271 e. The lowest BCUT2D eigenvalue weighted by Crippen LogP contribution is -2.17. The minimum absolute atomic E-state index is 0.352. The SMILES string of the molecule is CCCOc1ccc(/C=N/NC(=O)c2ccc(OC)c(OCC)c2)cc1OC. The Hall–Kier alpha value is -3.22. The van der Waals surface area contributed by atoms with E-state index in [1.807, 2.05) is 26.0 Å². The average molecular weight is 386 g/mol. The summed E-state index contributed by atoms with van der Waals surface area (Å²) in [5, 5.41) is 4.01. The number of hydrogen-bond donors (Lipinski definition) is 1. The quantitative estimate of drug-likeness (QED) is 0.498. The summed E-state index contributed by atoms with van der Waals surface area (Å²) >= 11 is 0. The normalized spacial score (nSPS) is 10.6. The summed E-state index contributed by atoms with van der Waals surface area (Å²) in [6.45, 7) is 4.99. The predicted octanol–water partition coefficient (Wildman–Crippen LogP) is 3.66. The van der Waals surface area contributed by atoms with Crippen molar-refractivity contribution in [2.75, 3.05) is 27.4 Å². The van der Waals surface area contributed by atoms with Gasteiger partial charge < -0.3 is 18.9 Å². The summed E-state index contributed by atoms with van der Waals surface area (Å²) < 4.78 is 21.7. The zero-order valence-electron chi connectivity index (χ0n) is 16.7. The maximum Gasteiger partial charge on any atom is 0.271 e. The summed E-state index contributed by atoms with van der Waals surface area (Å²) in [7, 11) is 3.13. The van der Waals surface area contributed by atoms with Gasteiger partial charge in [0.1, 0.15) is 0 Å². The van der Waals surface area contributed by atoms with Crippen LogP contribution in [0.2, 0.25) is 0 Å². The highest BCUT2D eigenvalue weighted by Gasteiger charge is 2.10. The van der Waals surface area contributed by atoms with Gasteiger partial charge in [-0.05, 0) is 55.3 Å². The molecule has 0 aromatic heterocycles. The van der Waals surface area contributed by atoms with Crippen molar-refractivity contribution < 1.29 is 23.7 Å². The van der Waals surface area contributed by atoms with Crippen molar-refractivity contribution in [1.29, 1.82) is 0 Å². The summed E-state index contributed by atoms with van der Waals surface area (Å²) in [4.78, 5) is 12.3. The van der Waals surface area contributed by atoms with Crippen LogP contribution in [0.1, 0.15) is 36.2 Å². The molecule has 2 rings (SSSR count). The van der Waals surface area contributed by atoms with Gasteiger partial charge in [-0.25, -0.2) is 5.43 Å². The second-order valence-electron chi connectivity index (χ2n) is 5.76. The summed E-state index contributed by atoms with van der Waals surface area (Å²) in [5.41, 5.74) is 3.69. The predicted molar refractivity (Wildman–Crippen MR) is 108 cm³/mol. The van der Waals surface area contributed by atoms with E-state index in [2.05, 4.69) is 10.5 Å². The highest BCUT2D eigenvalue weighted by molar-refractivity contribution is 5.95. The first-order valence-electron chi connectivity index (χ1n) is 9.08. The molecule has 7 heteroatoms. The Balaban J connectivity index is 2.06. The zero-order chi connectivity index (χ0) is 20.4. The van der Waals surface area contributed by atoms with Gasteiger partial charge in [-0.3, -0.25) is 4.79 Å². The van der Waals surface area contributed by atoms with E-state index >= 15 is 0 Å². The highest BCUT2D eigenvalue weighted by atomic mass is 16.5. The molecule has 1 amide bonds. The number of hydrazone groups is 1. The zero-order valence-corrected chi connectivity index (χ0v) is 16.7. The molecule has 0 saturated carbocycles. The van der Waals surface area contributed by atoms with E-state index in [-0.39, 0.29) is 5.91 Å². The van der Waals surface area contributed by atoms with Crippen molar-refractivity contribution in [3.05, 3.63) is 47.5 Å². The number of carbonyl (C=O) groups excluding carboxylic acids is 1. The molecule has 0 fully saturated rings. The van der Waals surface area contributed by atoms with E-state index < -0.39 is 0 Å². The van der Waals surface area contributed by atoms with Gasteiger partial charge in [0.25, 0.3) is 5.91 Å². The number of carbonyl (C=O) groups is 1. The topological polar surface area (TPSA) is 78.4 Å². The molecule has 1 N–H and O–H groups in total. The van der Waals surface area contributed by atoms with Gasteiger partial charge in [-0.1, -0.05) is 6.92 Å². The molecule has 0 aliphatic carbocycles. The van der Waals surface area contributed by atoms with Crippen LogP contribution in [0, 0.1) is 0 Å². The van der Waals surface area contributed by atoms with Gasteiger partial charge in [0.15, 0.2) is 23.0 Å². The van der Waals surface area contributed by atoms with Gasteiger partial charge >= 0.3 is 0 Å². The standard InChI is InChI=1S/C21H26N2O5/c1-5-11-28-18-9-7-15(12-19(18)26-4)14-22-23-21(24)16-8-10-17(25-3)20(13-16)27-6-2/h7-10,12-14H,5-6,11H2,1-4H3,(H,23,24)/b22-14+. The second-order valence-corrected chi connectivity index (χ2v) is 5.76. The van der Waals surface area contributed by atoms with E-state index in [1.165, 1.54) is 6.21 Å². The molecule has 0 saturated heterocycles. The Labute approximate surface area is 165 Å². The minimum Gasteiger partial charge on any atom is -0.493 e. The lowest BCUT2D eigenvalue weighted by atomic mass is 10.2. The van der Waals surface area contributed by atoms with Crippen LogP contribution >= 0.6 is 0 Å². The fraction of sp³-hybridized carbons (Fsp3) is 0.333. The average Bonchev–Trinajstić information content (AvgIpc) is 2.72. The Morgan fingerprint density at radius 3 is 2.39 bits per heavy atom. The molecule has 0 unspecified atom stereocenters. The van der Waals surface area contributed by atoms with Crippen molar-refractivity contribution in [3.63, 3.8) is 0 Å². The summed E-state index contributed by atoms with van der Waals surface area (Å²) in [5.74, 6) is 2.01. The van der Waals surface area contributed by atoms with Crippen molar-refractivity contribution >= 4 is 12.1 Å². The molecule has 0 radical (unpaired) electrons. The molecule has 28 heavy (non-hydrogen) atoms. The minimum atomic E-state index is -0.352. The number of amides is 1. The molecule has 150 valence electrons. The first-order valence-corrected chi connectivity index (χ1v) is 9.08. The van der Waals surface area contributed by atoms with E-state index in [4.69, 9.17) is 18.9 Å². The largest absolute Gasteiger partial charge is 0.493 e. The number of methoxy groups -OCH3 is 2. The first kappa shape index (κ1) is 21.1. The Morgan fingerprint density at radius 1 is 0.964 bits per heavy atom. The van der Waals surface area contributed by atoms with E-state index in [0.29, 0.717) is 41.8 Å². The Morgan fingerprint density at radius 2 is 1.71 bits per heavy atom. The maximum atomic E-state index is 12.3. The van der Waals surface area contributed by atoms with E-state index in [1.54, 1.807) is 38.5 Å². The van der Waals surface area contributed by atoms with Crippen LogP contribution < -0.4 is 24.4 Å². The van der Waals surface area contributed by atoms with Crippen LogP contribution in [-0.2, 0) is 0 Å². The van der Waals surface area contributed by atoms with Crippen molar-refractivity contribution in [1.82, 2.24) is 5.43 Å². The lowest BCUT2D eigenvalue weighted by molar-refractivity contribution is 0.0954. The van der Waals surface area contributed by atoms with Gasteiger partial charge in [0, 0.05) is 5.56 Å². The monoisotopic (exact) mass is 386 g/mol. The third kappa shape index (κ3) is 5.64. The third-order valence-electron chi connectivity index (χ3n) is 3.75. The highest BCUT2D eigenvalue weighted by Crippen LogP contribution is 2.28. The Kier molecular flexibility index (Phi) is 8.14. The third-order valence-corrected chi connectivity index (χ3v) is 3.75. The number of nitrogens with one attached hydrogen (secondary N) is 1. The molecule has 0 aliphatic heterocycles. The molecule has 7 nitrogen and oxygen atoms in total. The number of nitrogens with zero attached hydrogens (tertiary/aromatic N) is 1. The van der Waals surface area contributed by atoms with Crippen molar-refractivity contribution in [2.45, 2.75) is 20.3 Å². The lowest BCUT2D eigenvalue weighted by Gasteiger charge is -2.10. The first-order chi connectivity index (χ1) is 13.6. The van der Waals surface area contributed by atoms with Crippen LogP contribution in [0.5, 0.6) is 23.0 Å². The Bertz CT molecular complexity index is 820. The molecular formula is C21H26N2O5. The van der Waals surface area contributed by atoms with Gasteiger partial charge in [0.2, 0.25) is 0 Å². The molecular weight excluding hydrogens is 360 g/mol. The molecule has 0 heterocycles. The van der Waals surface area contributed by atoms with E-state index in [9.17, 15) is 4.79 Å². The number of ether oxygens (including phenoxy) is 4. The van der Waals surface area contributed by atoms with Crippen molar-refractivity contribution in [2.24, 2.45) is 5.10 Å². The number of rotatable bonds is 10. The number of benzene rings is 2. The van der Waals surface area contributed by atoms with Crippen LogP contribution in [0.15, 0.2) is 41.5 Å². The fourth-order valence-electron chi connectivity index (χ4n) is 2.41. The second kappa shape index (κ2) is 10.8. The molecule has 0 spiro atoms.